The number of carbonyl (C=O) groups is 1. The fourth-order valence-electron chi connectivity index (χ4n) is 2.14. The number of amides is 1. The number of hydrogen-bond donors (Lipinski definition) is 0. The number of hydrogen-bond acceptors (Lipinski definition) is 4. The SMILES string of the molecule is Cc1cccc(C#CC=C2CCN(C(=O)O/C=C\C#N)CC2)n1. The van der Waals surface area contributed by atoms with E-state index in [2.05, 4.69) is 16.8 Å². The number of piperidine rings is 1. The zero-order valence-corrected chi connectivity index (χ0v) is 13.0. The molecule has 0 radical (unpaired) electrons. The van der Waals surface area contributed by atoms with Crippen LogP contribution in [0.2, 0.25) is 0 Å². The largest absolute Gasteiger partial charge is 0.417 e. The van der Waals surface area contributed by atoms with Gasteiger partial charge in [0.15, 0.2) is 0 Å². The maximum absolute atomic E-state index is 11.7. The summed E-state index contributed by atoms with van der Waals surface area (Å²) in [4.78, 5) is 17.6. The minimum atomic E-state index is -0.425. The number of aromatic nitrogens is 1. The summed E-state index contributed by atoms with van der Waals surface area (Å²) in [5.74, 6) is 6.05. The van der Waals surface area contributed by atoms with E-state index in [9.17, 15) is 4.79 Å². The molecule has 5 heteroatoms. The topological polar surface area (TPSA) is 66.2 Å². The molecule has 0 aliphatic carbocycles. The maximum atomic E-state index is 11.7. The van der Waals surface area contributed by atoms with Crippen LogP contribution in [0.1, 0.15) is 24.2 Å². The van der Waals surface area contributed by atoms with Gasteiger partial charge in [-0.1, -0.05) is 17.6 Å². The minimum absolute atomic E-state index is 0.425. The predicted molar refractivity (Wildman–Crippen MR) is 86.0 cm³/mol. The normalized spacial score (nSPS) is 13.9. The third-order valence-corrected chi connectivity index (χ3v) is 3.34. The fourth-order valence-corrected chi connectivity index (χ4v) is 2.14. The van der Waals surface area contributed by atoms with Gasteiger partial charge >= 0.3 is 6.09 Å². The van der Waals surface area contributed by atoms with Crippen molar-refractivity contribution in [3.05, 3.63) is 53.6 Å². The lowest BCUT2D eigenvalue weighted by atomic mass is 10.0. The Hall–Kier alpha value is -3.05. The molecule has 0 aromatic carbocycles. The van der Waals surface area contributed by atoms with Crippen LogP contribution in [0.4, 0.5) is 4.79 Å². The highest BCUT2D eigenvalue weighted by molar-refractivity contribution is 5.68. The van der Waals surface area contributed by atoms with Crippen molar-refractivity contribution in [2.75, 3.05) is 13.1 Å². The van der Waals surface area contributed by atoms with Gasteiger partial charge in [0.1, 0.15) is 12.0 Å². The van der Waals surface area contributed by atoms with E-state index in [1.165, 1.54) is 5.57 Å². The number of aryl methyl sites for hydroxylation is 1. The second-order valence-corrected chi connectivity index (χ2v) is 5.04. The van der Waals surface area contributed by atoms with Gasteiger partial charge in [0.25, 0.3) is 0 Å². The van der Waals surface area contributed by atoms with Crippen LogP contribution in [0, 0.1) is 30.1 Å². The lowest BCUT2D eigenvalue weighted by Crippen LogP contribution is -2.36. The van der Waals surface area contributed by atoms with Gasteiger partial charge in [0.2, 0.25) is 0 Å². The van der Waals surface area contributed by atoms with E-state index in [0.29, 0.717) is 13.1 Å². The van der Waals surface area contributed by atoms with Gasteiger partial charge in [-0.05, 0) is 43.9 Å². The molecule has 1 amide bonds. The summed E-state index contributed by atoms with van der Waals surface area (Å²) in [6.07, 6.45) is 5.25. The molecule has 0 saturated carbocycles. The lowest BCUT2D eigenvalue weighted by Gasteiger charge is -2.26. The van der Waals surface area contributed by atoms with Crippen molar-refractivity contribution in [2.45, 2.75) is 19.8 Å². The van der Waals surface area contributed by atoms with Crippen molar-refractivity contribution in [3.8, 4) is 17.9 Å². The monoisotopic (exact) mass is 307 g/mol. The molecule has 1 aromatic heterocycles. The first-order valence-corrected chi connectivity index (χ1v) is 7.32. The fraction of sp³-hybridized carbons (Fsp3) is 0.278. The molecule has 5 nitrogen and oxygen atoms in total. The van der Waals surface area contributed by atoms with Crippen molar-refractivity contribution in [2.24, 2.45) is 0 Å². The molecule has 1 aliphatic heterocycles. The summed E-state index contributed by atoms with van der Waals surface area (Å²) in [5, 5.41) is 8.34. The molecule has 0 bridgehead atoms. The van der Waals surface area contributed by atoms with Gasteiger partial charge < -0.3 is 9.64 Å². The molecule has 1 aliphatic rings. The van der Waals surface area contributed by atoms with Gasteiger partial charge in [-0.15, -0.1) is 0 Å². The van der Waals surface area contributed by atoms with Gasteiger partial charge in [-0.3, -0.25) is 0 Å². The molecule has 0 spiro atoms. The quantitative estimate of drug-likeness (QED) is 0.454. The molecule has 0 N–H and O–H groups in total. The Kier molecular flexibility index (Phi) is 5.97. The number of nitriles is 1. The Morgan fingerprint density at radius 2 is 2.17 bits per heavy atom. The number of nitrogens with zero attached hydrogens (tertiary/aromatic N) is 3. The summed E-state index contributed by atoms with van der Waals surface area (Å²) in [6.45, 7) is 3.12. The zero-order valence-electron chi connectivity index (χ0n) is 13.0. The maximum Gasteiger partial charge on any atom is 0.414 e. The molecule has 0 unspecified atom stereocenters. The lowest BCUT2D eigenvalue weighted by molar-refractivity contribution is 0.133. The third kappa shape index (κ3) is 5.33. The first-order valence-electron chi connectivity index (χ1n) is 7.32. The summed E-state index contributed by atoms with van der Waals surface area (Å²) in [6, 6.07) is 7.52. The van der Waals surface area contributed by atoms with Crippen molar-refractivity contribution in [1.82, 2.24) is 9.88 Å². The first kappa shape index (κ1) is 16.3. The van der Waals surface area contributed by atoms with Gasteiger partial charge in [-0.2, -0.15) is 5.26 Å². The highest BCUT2D eigenvalue weighted by atomic mass is 16.5. The van der Waals surface area contributed by atoms with E-state index in [1.54, 1.807) is 11.0 Å². The first-order chi connectivity index (χ1) is 11.2. The molecule has 1 saturated heterocycles. The van der Waals surface area contributed by atoms with Crippen LogP contribution in [-0.4, -0.2) is 29.1 Å². The standard InChI is InChI=1S/C18H17N3O2/c1-15-5-2-7-17(20-15)8-3-6-16-9-12-21(13-10-16)18(22)23-14-4-11-19/h2,4-7,14H,9-10,12-13H2,1H3/b14-4-. The van der Waals surface area contributed by atoms with Gasteiger partial charge in [-0.25, -0.2) is 9.78 Å². The number of allylic oxidation sites excluding steroid dienone is 2. The smallest absolute Gasteiger partial charge is 0.414 e. The van der Waals surface area contributed by atoms with Crippen LogP contribution in [0.3, 0.4) is 0 Å². The highest BCUT2D eigenvalue weighted by Gasteiger charge is 2.19. The Morgan fingerprint density at radius 1 is 1.39 bits per heavy atom. The van der Waals surface area contributed by atoms with Crippen molar-refractivity contribution < 1.29 is 9.53 Å². The minimum Gasteiger partial charge on any atom is -0.417 e. The Morgan fingerprint density at radius 3 is 2.87 bits per heavy atom. The number of ether oxygens (including phenoxy) is 1. The number of likely N-dealkylation sites (tertiary alicyclic amines) is 1. The van der Waals surface area contributed by atoms with Crippen LogP contribution in [-0.2, 0) is 4.74 Å². The van der Waals surface area contributed by atoms with Crippen molar-refractivity contribution >= 4 is 6.09 Å². The molecule has 1 aromatic rings. The van der Waals surface area contributed by atoms with Crippen molar-refractivity contribution in [3.63, 3.8) is 0 Å². The van der Waals surface area contributed by atoms with E-state index in [4.69, 9.17) is 10.00 Å². The van der Waals surface area contributed by atoms with E-state index in [0.717, 1.165) is 36.6 Å². The summed E-state index contributed by atoms with van der Waals surface area (Å²) < 4.78 is 4.84. The van der Waals surface area contributed by atoms with Crippen molar-refractivity contribution in [1.29, 1.82) is 5.26 Å². The molecular formula is C18H17N3O2. The van der Waals surface area contributed by atoms with E-state index >= 15 is 0 Å². The summed E-state index contributed by atoms with van der Waals surface area (Å²) in [5.41, 5.74) is 2.91. The van der Waals surface area contributed by atoms with E-state index in [1.807, 2.05) is 31.2 Å². The third-order valence-electron chi connectivity index (χ3n) is 3.34. The molecule has 2 rings (SSSR count). The average molecular weight is 307 g/mol. The highest BCUT2D eigenvalue weighted by Crippen LogP contribution is 2.16. The van der Waals surface area contributed by atoms with Crippen LogP contribution in [0.5, 0.6) is 0 Å². The number of pyridine rings is 1. The van der Waals surface area contributed by atoms with Gasteiger partial charge in [0.05, 0.1) is 12.1 Å². The van der Waals surface area contributed by atoms with Crippen LogP contribution in [0.25, 0.3) is 0 Å². The second kappa shape index (κ2) is 8.41. The summed E-state index contributed by atoms with van der Waals surface area (Å²) in [7, 11) is 0. The molecule has 23 heavy (non-hydrogen) atoms. The Bertz CT molecular complexity index is 723. The average Bonchev–Trinajstić information content (AvgIpc) is 2.56. The van der Waals surface area contributed by atoms with Crippen LogP contribution in [0.15, 0.2) is 42.2 Å². The number of rotatable bonds is 1. The summed E-state index contributed by atoms with van der Waals surface area (Å²) >= 11 is 0. The molecule has 116 valence electrons. The molecular weight excluding hydrogens is 290 g/mol. The second-order valence-electron chi connectivity index (χ2n) is 5.04. The number of carbonyl (C=O) groups excluding carboxylic acids is 1. The van der Waals surface area contributed by atoms with E-state index < -0.39 is 6.09 Å². The Balaban J connectivity index is 1.86. The Labute approximate surface area is 135 Å². The zero-order chi connectivity index (χ0) is 16.5. The molecule has 1 fully saturated rings. The van der Waals surface area contributed by atoms with Crippen LogP contribution >= 0.6 is 0 Å². The molecule has 2 heterocycles. The van der Waals surface area contributed by atoms with Gasteiger partial charge in [0, 0.05) is 18.8 Å². The molecule has 0 atom stereocenters. The van der Waals surface area contributed by atoms with Crippen LogP contribution < -0.4 is 0 Å². The van der Waals surface area contributed by atoms with E-state index in [-0.39, 0.29) is 0 Å². The predicted octanol–water partition coefficient (Wildman–Crippen LogP) is 2.94.